The van der Waals surface area contributed by atoms with E-state index in [0.29, 0.717) is 24.4 Å². The number of hydrogen-bond acceptors (Lipinski definition) is 4. The van der Waals surface area contributed by atoms with Crippen LogP contribution in [0.15, 0.2) is 12.1 Å². The third-order valence-electron chi connectivity index (χ3n) is 3.47. The van der Waals surface area contributed by atoms with Crippen LogP contribution in [0.3, 0.4) is 0 Å². The van der Waals surface area contributed by atoms with Gasteiger partial charge < -0.3 is 15.1 Å². The summed E-state index contributed by atoms with van der Waals surface area (Å²) in [7, 11) is 0. The maximum atomic E-state index is 12.3. The highest BCUT2D eigenvalue weighted by atomic mass is 32.1. The third kappa shape index (κ3) is 3.60. The number of likely N-dealkylation sites (tertiary alicyclic amines) is 1. The van der Waals surface area contributed by atoms with Gasteiger partial charge in [-0.15, -0.1) is 11.3 Å². The Hall–Kier alpha value is -1.35. The summed E-state index contributed by atoms with van der Waals surface area (Å²) in [6.07, 6.45) is 0.843. The van der Waals surface area contributed by atoms with Gasteiger partial charge in [-0.2, -0.15) is 0 Å². The molecule has 2 N–H and O–H groups in total. The molecule has 1 amide bonds. The van der Waals surface area contributed by atoms with Crippen LogP contribution in [0, 0.1) is 17.8 Å². The van der Waals surface area contributed by atoms with Crippen molar-refractivity contribution in [1.82, 2.24) is 4.90 Å². The quantitative estimate of drug-likeness (QED) is 0.809. The number of aliphatic hydroxyl groups is 2. The predicted molar refractivity (Wildman–Crippen MR) is 78.6 cm³/mol. The number of carbonyl (C=O) groups is 1. The van der Waals surface area contributed by atoms with Crippen molar-refractivity contribution < 1.29 is 15.0 Å². The van der Waals surface area contributed by atoms with Crippen molar-refractivity contribution in [1.29, 1.82) is 0 Å². The first-order chi connectivity index (χ1) is 9.61. The fourth-order valence-electron chi connectivity index (χ4n) is 2.11. The van der Waals surface area contributed by atoms with Gasteiger partial charge >= 0.3 is 0 Å². The molecule has 108 valence electrons. The highest BCUT2D eigenvalue weighted by molar-refractivity contribution is 7.14. The average Bonchev–Trinajstić information content (AvgIpc) is 2.90. The van der Waals surface area contributed by atoms with Crippen molar-refractivity contribution >= 4 is 17.2 Å². The standard InChI is InChI=1S/C15H19NO3S/c1-11-7-8-16(10-13(11)18)15(19)14-6-5-12(20-14)4-2-3-9-17/h5-6,11,13,17-18H,3,7-10H2,1H3. The van der Waals surface area contributed by atoms with Gasteiger partial charge in [0.15, 0.2) is 0 Å². The zero-order valence-corrected chi connectivity index (χ0v) is 12.3. The van der Waals surface area contributed by atoms with E-state index in [9.17, 15) is 9.90 Å². The van der Waals surface area contributed by atoms with E-state index >= 15 is 0 Å². The second kappa shape index (κ2) is 6.89. The molecule has 0 radical (unpaired) electrons. The monoisotopic (exact) mass is 293 g/mol. The normalized spacial score (nSPS) is 22.2. The molecule has 2 heterocycles. The Morgan fingerprint density at radius 2 is 2.35 bits per heavy atom. The van der Waals surface area contributed by atoms with Gasteiger partial charge in [0, 0.05) is 19.5 Å². The summed E-state index contributed by atoms with van der Waals surface area (Å²) in [4.78, 5) is 15.5. The van der Waals surface area contributed by atoms with Crippen molar-refractivity contribution in [2.24, 2.45) is 5.92 Å². The largest absolute Gasteiger partial charge is 0.395 e. The van der Waals surface area contributed by atoms with Gasteiger partial charge in [0.25, 0.3) is 5.91 Å². The molecule has 0 aromatic carbocycles. The van der Waals surface area contributed by atoms with Crippen molar-refractivity contribution in [2.75, 3.05) is 19.7 Å². The Morgan fingerprint density at radius 3 is 3.05 bits per heavy atom. The maximum absolute atomic E-state index is 12.3. The molecular weight excluding hydrogens is 274 g/mol. The van der Waals surface area contributed by atoms with Crippen LogP contribution in [0.5, 0.6) is 0 Å². The van der Waals surface area contributed by atoms with E-state index in [1.165, 1.54) is 11.3 Å². The Labute approximate surface area is 123 Å². The van der Waals surface area contributed by atoms with Crippen LogP contribution in [0.2, 0.25) is 0 Å². The van der Waals surface area contributed by atoms with Crippen LogP contribution in [0.25, 0.3) is 0 Å². The number of rotatable bonds is 2. The second-order valence-corrected chi connectivity index (χ2v) is 6.11. The maximum Gasteiger partial charge on any atom is 0.264 e. The van der Waals surface area contributed by atoms with Crippen LogP contribution >= 0.6 is 11.3 Å². The minimum atomic E-state index is -0.434. The van der Waals surface area contributed by atoms with Crippen LogP contribution in [0.4, 0.5) is 0 Å². The number of carbonyl (C=O) groups excluding carboxylic acids is 1. The lowest BCUT2D eigenvalue weighted by Crippen LogP contribution is -2.45. The SMILES string of the molecule is CC1CCN(C(=O)c2ccc(C#CCCO)s2)CC1O. The van der Waals surface area contributed by atoms with Gasteiger partial charge in [0.05, 0.1) is 22.5 Å². The Balaban J connectivity index is 2.01. The fraction of sp³-hybridized carbons (Fsp3) is 0.533. The lowest BCUT2D eigenvalue weighted by Gasteiger charge is -2.34. The zero-order chi connectivity index (χ0) is 14.5. The Morgan fingerprint density at radius 1 is 1.55 bits per heavy atom. The smallest absolute Gasteiger partial charge is 0.264 e. The minimum absolute atomic E-state index is 0.0313. The van der Waals surface area contributed by atoms with Gasteiger partial charge in [-0.3, -0.25) is 4.79 Å². The molecule has 20 heavy (non-hydrogen) atoms. The lowest BCUT2D eigenvalue weighted by molar-refractivity contribution is 0.0251. The predicted octanol–water partition coefficient (Wildman–Crippen LogP) is 1.32. The molecule has 5 heteroatoms. The van der Waals surface area contributed by atoms with E-state index in [0.717, 1.165) is 11.3 Å². The van der Waals surface area contributed by atoms with E-state index in [-0.39, 0.29) is 18.4 Å². The number of piperidine rings is 1. The van der Waals surface area contributed by atoms with Gasteiger partial charge in [-0.25, -0.2) is 0 Å². The molecule has 1 aliphatic rings. The van der Waals surface area contributed by atoms with E-state index in [1.807, 2.05) is 13.0 Å². The molecule has 1 aromatic rings. The fourth-order valence-corrected chi connectivity index (χ4v) is 2.96. The van der Waals surface area contributed by atoms with Gasteiger partial charge in [-0.05, 0) is 24.5 Å². The van der Waals surface area contributed by atoms with Crippen molar-refractivity contribution in [2.45, 2.75) is 25.9 Å². The van der Waals surface area contributed by atoms with E-state index < -0.39 is 6.10 Å². The molecule has 0 saturated carbocycles. The Kier molecular flexibility index (Phi) is 5.18. The number of hydrogen-bond donors (Lipinski definition) is 2. The summed E-state index contributed by atoms with van der Waals surface area (Å²) in [5.74, 6) is 5.99. The molecule has 1 aromatic heterocycles. The number of amides is 1. The first-order valence-corrected chi connectivity index (χ1v) is 7.60. The van der Waals surface area contributed by atoms with E-state index in [2.05, 4.69) is 11.8 Å². The molecule has 1 fully saturated rings. The molecule has 4 nitrogen and oxygen atoms in total. The van der Waals surface area contributed by atoms with Crippen molar-refractivity contribution in [3.05, 3.63) is 21.9 Å². The minimum Gasteiger partial charge on any atom is -0.395 e. The summed E-state index contributed by atoms with van der Waals surface area (Å²) >= 11 is 1.36. The topological polar surface area (TPSA) is 60.8 Å². The molecule has 2 rings (SSSR count). The number of nitrogens with zero attached hydrogens (tertiary/aromatic N) is 1. The number of thiophene rings is 1. The van der Waals surface area contributed by atoms with Crippen LogP contribution in [0.1, 0.15) is 34.3 Å². The second-order valence-electron chi connectivity index (χ2n) is 5.02. The lowest BCUT2D eigenvalue weighted by atomic mass is 9.96. The average molecular weight is 293 g/mol. The number of aliphatic hydroxyl groups excluding tert-OH is 2. The summed E-state index contributed by atoms with van der Waals surface area (Å²) in [5, 5.41) is 18.5. The third-order valence-corrected chi connectivity index (χ3v) is 4.46. The Bertz CT molecular complexity index is 529. The highest BCUT2D eigenvalue weighted by Crippen LogP contribution is 2.22. The molecule has 1 saturated heterocycles. The van der Waals surface area contributed by atoms with E-state index in [1.54, 1.807) is 11.0 Å². The molecule has 2 atom stereocenters. The van der Waals surface area contributed by atoms with Crippen LogP contribution in [-0.2, 0) is 0 Å². The molecule has 0 spiro atoms. The van der Waals surface area contributed by atoms with E-state index in [4.69, 9.17) is 5.11 Å². The van der Waals surface area contributed by atoms with Crippen LogP contribution < -0.4 is 0 Å². The van der Waals surface area contributed by atoms with Crippen molar-refractivity contribution in [3.8, 4) is 11.8 Å². The first-order valence-electron chi connectivity index (χ1n) is 6.78. The van der Waals surface area contributed by atoms with Gasteiger partial charge in [0.1, 0.15) is 0 Å². The summed E-state index contributed by atoms with van der Waals surface area (Å²) < 4.78 is 0. The van der Waals surface area contributed by atoms with Crippen molar-refractivity contribution in [3.63, 3.8) is 0 Å². The molecule has 0 bridgehead atoms. The van der Waals surface area contributed by atoms with Gasteiger partial charge in [-0.1, -0.05) is 18.8 Å². The molecule has 2 unspecified atom stereocenters. The number of β-amino-alcohol motifs (C(OH)–C–C–N with tert-alkyl or cyclic N) is 1. The molecule has 0 aliphatic carbocycles. The zero-order valence-electron chi connectivity index (χ0n) is 11.5. The highest BCUT2D eigenvalue weighted by Gasteiger charge is 2.28. The first kappa shape index (κ1) is 15.0. The molecule has 1 aliphatic heterocycles. The summed E-state index contributed by atoms with van der Waals surface area (Å²) in [6, 6.07) is 3.60. The summed E-state index contributed by atoms with van der Waals surface area (Å²) in [5.41, 5.74) is 0. The summed E-state index contributed by atoms with van der Waals surface area (Å²) in [6.45, 7) is 3.16. The molecular formula is C15H19NO3S. The van der Waals surface area contributed by atoms with Gasteiger partial charge in [0.2, 0.25) is 0 Å². The van der Waals surface area contributed by atoms with Crippen LogP contribution in [-0.4, -0.2) is 46.8 Å².